The predicted molar refractivity (Wildman–Crippen MR) is 169 cm³/mol. The third-order valence-corrected chi connectivity index (χ3v) is 8.96. The van der Waals surface area contributed by atoms with Crippen LogP contribution in [0.4, 0.5) is 9.93 Å². The van der Waals surface area contributed by atoms with Gasteiger partial charge in [-0.15, -0.1) is 11.3 Å². The van der Waals surface area contributed by atoms with Crippen molar-refractivity contribution in [2.45, 2.75) is 38.1 Å². The van der Waals surface area contributed by atoms with Gasteiger partial charge in [0.2, 0.25) is 0 Å². The lowest BCUT2D eigenvalue weighted by Crippen LogP contribution is -2.47. The number of nitrogens with zero attached hydrogens (tertiary/aromatic N) is 6. The summed E-state index contributed by atoms with van der Waals surface area (Å²) in [6.45, 7) is 2.13. The number of rotatable bonds is 8. The van der Waals surface area contributed by atoms with E-state index >= 15 is 0 Å². The van der Waals surface area contributed by atoms with E-state index in [1.807, 2.05) is 47.8 Å². The second-order valence-corrected chi connectivity index (χ2v) is 12.3. The van der Waals surface area contributed by atoms with Gasteiger partial charge in [-0.1, -0.05) is 48.0 Å². The van der Waals surface area contributed by atoms with Gasteiger partial charge in [-0.25, -0.2) is 14.8 Å². The van der Waals surface area contributed by atoms with E-state index in [0.717, 1.165) is 27.9 Å². The van der Waals surface area contributed by atoms with Gasteiger partial charge in [-0.05, 0) is 30.0 Å². The number of halogens is 1. The zero-order valence-electron chi connectivity index (χ0n) is 23.9. The second kappa shape index (κ2) is 12.0. The highest BCUT2D eigenvalue weighted by atomic mass is 35.5. The molecule has 5 N–H and O–H groups in total. The number of hydrogen-bond donors (Lipinski definition) is 3. The van der Waals surface area contributed by atoms with Gasteiger partial charge in [0, 0.05) is 48.2 Å². The number of aliphatic hydroxyl groups is 1. The topological polar surface area (TPSA) is 167 Å². The number of ether oxygens (including phenoxy) is 1. The number of benzene rings is 2. The molecule has 1 saturated heterocycles. The molecule has 1 aliphatic heterocycles. The van der Waals surface area contributed by atoms with Crippen molar-refractivity contribution in [3.05, 3.63) is 80.7 Å². The largest absolute Gasteiger partial charge is 0.445 e. The number of aryl methyl sites for hydroxylation is 1. The number of piperidine rings is 1. The molecule has 0 unspecified atom stereocenters. The van der Waals surface area contributed by atoms with Crippen LogP contribution in [0.2, 0.25) is 5.02 Å². The lowest BCUT2D eigenvalue weighted by atomic mass is 9.91. The van der Waals surface area contributed by atoms with Gasteiger partial charge in [0.25, 0.3) is 5.56 Å². The Morgan fingerprint density at radius 3 is 2.52 bits per heavy atom. The summed E-state index contributed by atoms with van der Waals surface area (Å²) >= 11 is 8.00. The number of hydrogen-bond acceptors (Lipinski definition) is 10. The van der Waals surface area contributed by atoms with Crippen molar-refractivity contribution < 1.29 is 14.6 Å². The quantitative estimate of drug-likeness (QED) is 0.230. The summed E-state index contributed by atoms with van der Waals surface area (Å²) in [5, 5.41) is 19.0. The van der Waals surface area contributed by atoms with Crippen LogP contribution in [0, 0.1) is 0 Å². The summed E-state index contributed by atoms with van der Waals surface area (Å²) in [6, 6.07) is 13.2. The summed E-state index contributed by atoms with van der Waals surface area (Å²) in [5.41, 5.74) is 15.1. The zero-order chi connectivity index (χ0) is 31.0. The highest BCUT2D eigenvalue weighted by Gasteiger charge is 2.33. The average molecular weight is 635 g/mol. The van der Waals surface area contributed by atoms with E-state index in [4.69, 9.17) is 27.8 Å². The van der Waals surface area contributed by atoms with Gasteiger partial charge < -0.3 is 21.3 Å². The summed E-state index contributed by atoms with van der Waals surface area (Å²) in [4.78, 5) is 35.5. The molecule has 14 heteroatoms. The van der Waals surface area contributed by atoms with E-state index in [0.29, 0.717) is 53.8 Å². The zero-order valence-corrected chi connectivity index (χ0v) is 25.5. The van der Waals surface area contributed by atoms with Gasteiger partial charge in [0.15, 0.2) is 10.6 Å². The van der Waals surface area contributed by atoms with E-state index in [-0.39, 0.29) is 24.2 Å². The molecule has 0 radical (unpaired) electrons. The summed E-state index contributed by atoms with van der Waals surface area (Å²) in [6.07, 6.45) is 1.62. The minimum atomic E-state index is -1.06. The number of anilines is 1. The van der Waals surface area contributed by atoms with Crippen molar-refractivity contribution in [1.29, 1.82) is 0 Å². The lowest BCUT2D eigenvalue weighted by Gasteiger charge is -2.38. The van der Waals surface area contributed by atoms with Crippen LogP contribution in [0.3, 0.4) is 0 Å². The van der Waals surface area contributed by atoms with Crippen LogP contribution in [0.1, 0.15) is 24.0 Å². The molecule has 228 valence electrons. The SMILES string of the molecule is Cn1nc2c(=O)n(CC3(O)CCN(Cc4ccc(-c5csc(N)n5)cc4Cl)CC3)cnc2c1-c1ccc(COC(N)=O)cc1. The molecule has 2 aromatic carbocycles. The number of carbonyl (C=O) groups is 1. The number of amides is 1. The molecule has 0 aliphatic carbocycles. The Bertz CT molecular complexity index is 1890. The molecule has 4 heterocycles. The van der Waals surface area contributed by atoms with Crippen LogP contribution < -0.4 is 17.0 Å². The molecule has 3 aromatic heterocycles. The van der Waals surface area contributed by atoms with E-state index in [9.17, 15) is 14.7 Å². The average Bonchev–Trinajstić information content (AvgIpc) is 3.59. The number of carbonyl (C=O) groups excluding carboxylic acids is 1. The second-order valence-electron chi connectivity index (χ2n) is 11.0. The fraction of sp³-hybridized carbons (Fsp3) is 0.300. The fourth-order valence-electron chi connectivity index (χ4n) is 5.54. The maximum atomic E-state index is 13.5. The monoisotopic (exact) mass is 634 g/mol. The highest BCUT2D eigenvalue weighted by molar-refractivity contribution is 7.13. The molecule has 12 nitrogen and oxygen atoms in total. The van der Waals surface area contributed by atoms with Crippen LogP contribution in [0.15, 0.2) is 59.0 Å². The normalized spacial score (nSPS) is 15.1. The fourth-order valence-corrected chi connectivity index (χ4v) is 6.36. The first-order chi connectivity index (χ1) is 21.1. The molecule has 6 rings (SSSR count). The van der Waals surface area contributed by atoms with Gasteiger partial charge >= 0.3 is 6.09 Å². The summed E-state index contributed by atoms with van der Waals surface area (Å²) in [7, 11) is 1.75. The van der Waals surface area contributed by atoms with Crippen LogP contribution in [-0.2, 0) is 31.5 Å². The van der Waals surface area contributed by atoms with Gasteiger partial charge in [-0.2, -0.15) is 5.10 Å². The molecule has 0 spiro atoms. The molecule has 1 amide bonds. The summed E-state index contributed by atoms with van der Waals surface area (Å²) in [5.74, 6) is 0. The Kier molecular flexibility index (Phi) is 8.12. The van der Waals surface area contributed by atoms with Crippen molar-refractivity contribution in [2.75, 3.05) is 18.8 Å². The minimum absolute atomic E-state index is 0.0658. The molecule has 0 bridgehead atoms. The molecule has 0 atom stereocenters. The minimum Gasteiger partial charge on any atom is -0.445 e. The Labute approximate surface area is 261 Å². The van der Waals surface area contributed by atoms with Crippen molar-refractivity contribution in [3.63, 3.8) is 0 Å². The molecular weight excluding hydrogens is 604 g/mol. The molecule has 5 aromatic rings. The number of likely N-dealkylation sites (tertiary alicyclic amines) is 1. The highest BCUT2D eigenvalue weighted by Crippen LogP contribution is 2.31. The van der Waals surface area contributed by atoms with Crippen molar-refractivity contribution in [1.82, 2.24) is 29.2 Å². The molecule has 1 fully saturated rings. The number of aromatic nitrogens is 5. The van der Waals surface area contributed by atoms with E-state index in [2.05, 4.69) is 20.0 Å². The predicted octanol–water partition coefficient (Wildman–Crippen LogP) is 3.78. The lowest BCUT2D eigenvalue weighted by molar-refractivity contribution is -0.0364. The van der Waals surface area contributed by atoms with Gasteiger partial charge in [0.1, 0.15) is 12.1 Å². The van der Waals surface area contributed by atoms with Gasteiger partial charge in [0.05, 0.1) is 29.9 Å². The Morgan fingerprint density at radius 2 is 1.86 bits per heavy atom. The van der Waals surface area contributed by atoms with Crippen molar-refractivity contribution >= 4 is 45.2 Å². The molecule has 1 aliphatic rings. The van der Waals surface area contributed by atoms with E-state index in [1.54, 1.807) is 11.7 Å². The summed E-state index contributed by atoms with van der Waals surface area (Å²) < 4.78 is 7.90. The number of primary amides is 1. The first-order valence-electron chi connectivity index (χ1n) is 14.0. The van der Waals surface area contributed by atoms with Crippen LogP contribution in [0.25, 0.3) is 33.5 Å². The van der Waals surface area contributed by atoms with Crippen LogP contribution >= 0.6 is 22.9 Å². The van der Waals surface area contributed by atoms with Crippen molar-refractivity contribution in [2.24, 2.45) is 12.8 Å². The maximum Gasteiger partial charge on any atom is 0.404 e. The smallest absolute Gasteiger partial charge is 0.404 e. The van der Waals surface area contributed by atoms with Gasteiger partial charge in [-0.3, -0.25) is 18.9 Å². The number of fused-ring (bicyclic) bond motifs is 1. The first-order valence-corrected chi connectivity index (χ1v) is 15.2. The third-order valence-electron chi connectivity index (χ3n) is 7.94. The third kappa shape index (κ3) is 6.17. The van der Waals surface area contributed by atoms with E-state index < -0.39 is 11.7 Å². The number of thiazole rings is 1. The maximum absolute atomic E-state index is 13.5. The Morgan fingerprint density at radius 1 is 1.14 bits per heavy atom. The van der Waals surface area contributed by atoms with Crippen molar-refractivity contribution in [3.8, 4) is 22.5 Å². The van der Waals surface area contributed by atoms with Crippen LogP contribution in [0.5, 0.6) is 0 Å². The Hall–Kier alpha value is -4.30. The standard InChI is InChI=1S/C30H31ClN8O4S/c1-37-26(19-4-2-18(3-5-19)14-43-29(33)41)24-25(36-37)27(40)39(17-34-24)16-30(42)8-10-38(11-9-30)13-21-7-6-20(12-22(21)31)23-15-44-28(32)35-23/h2-7,12,15,17,42H,8-11,13-14,16H2,1H3,(H2,32,35)(H2,33,41). The molecular formula is C30H31ClN8O4S. The first kappa shape index (κ1) is 29.8. The molecule has 44 heavy (non-hydrogen) atoms. The van der Waals surface area contributed by atoms with E-state index in [1.165, 1.54) is 22.2 Å². The molecule has 0 saturated carbocycles. The number of nitrogens with two attached hydrogens (primary N) is 2. The number of nitrogen functional groups attached to an aromatic ring is 1. The Balaban J connectivity index is 1.12. The van der Waals surface area contributed by atoms with Crippen LogP contribution in [-0.4, -0.2) is 59.1 Å².